The Morgan fingerprint density at radius 1 is 1.64 bits per heavy atom. The summed E-state index contributed by atoms with van der Waals surface area (Å²) in [6.45, 7) is 0.400. The summed E-state index contributed by atoms with van der Waals surface area (Å²) in [4.78, 5) is 3.80. The molecule has 0 aliphatic carbocycles. The van der Waals surface area contributed by atoms with E-state index < -0.39 is 0 Å². The number of nitrogens with two attached hydrogens (primary N) is 1. The summed E-state index contributed by atoms with van der Waals surface area (Å²) in [5, 5.41) is 2.79. The summed E-state index contributed by atoms with van der Waals surface area (Å²) in [5.41, 5.74) is 5.71. The molecular weight excluding hydrogens is 145 g/mol. The topological polar surface area (TPSA) is 50.9 Å². The number of halogens is 1. The molecule has 0 radical (unpaired) electrons. The first kappa shape index (κ1) is 7.94. The van der Waals surface area contributed by atoms with E-state index in [0.717, 1.165) is 0 Å². The van der Waals surface area contributed by atoms with Crippen LogP contribution in [0.4, 0.5) is 10.2 Å². The van der Waals surface area contributed by atoms with Crippen LogP contribution in [0.5, 0.6) is 0 Å². The molecule has 1 rings (SSSR count). The average molecular weight is 155 g/mol. The number of nitrogens with one attached hydrogen (secondary N) is 1. The summed E-state index contributed by atoms with van der Waals surface area (Å²) >= 11 is 0. The predicted molar refractivity (Wildman–Crippen MR) is 41.4 cm³/mol. The molecule has 0 saturated carbocycles. The van der Waals surface area contributed by atoms with Crippen LogP contribution in [0.25, 0.3) is 0 Å². The molecule has 0 spiro atoms. The third-order valence-corrected chi connectivity index (χ3v) is 1.28. The smallest absolute Gasteiger partial charge is 0.146 e. The number of aromatic nitrogens is 1. The number of rotatable bonds is 2. The lowest BCUT2D eigenvalue weighted by Crippen LogP contribution is -2.09. The Morgan fingerprint density at radius 3 is 3.00 bits per heavy atom. The van der Waals surface area contributed by atoms with E-state index in [4.69, 9.17) is 5.73 Å². The zero-order valence-electron chi connectivity index (χ0n) is 6.26. The van der Waals surface area contributed by atoms with Crippen LogP contribution < -0.4 is 11.1 Å². The van der Waals surface area contributed by atoms with Gasteiger partial charge in [-0.15, -0.1) is 0 Å². The summed E-state index contributed by atoms with van der Waals surface area (Å²) in [7, 11) is 1.73. The van der Waals surface area contributed by atoms with Crippen molar-refractivity contribution in [2.24, 2.45) is 0 Å². The Morgan fingerprint density at radius 2 is 2.36 bits per heavy atom. The van der Waals surface area contributed by atoms with Crippen molar-refractivity contribution >= 4 is 5.82 Å². The quantitative estimate of drug-likeness (QED) is 0.654. The van der Waals surface area contributed by atoms with Crippen LogP contribution in [-0.2, 0) is 6.54 Å². The van der Waals surface area contributed by atoms with Crippen LogP contribution in [0.15, 0.2) is 12.1 Å². The van der Waals surface area contributed by atoms with Crippen LogP contribution in [0.2, 0.25) is 0 Å². The van der Waals surface area contributed by atoms with Crippen molar-refractivity contribution in [3.8, 4) is 0 Å². The van der Waals surface area contributed by atoms with Crippen LogP contribution in [0, 0.1) is 5.82 Å². The van der Waals surface area contributed by atoms with Crippen molar-refractivity contribution < 1.29 is 4.39 Å². The molecule has 60 valence electrons. The molecule has 0 unspecified atom stereocenters. The van der Waals surface area contributed by atoms with Gasteiger partial charge in [0.25, 0.3) is 0 Å². The van der Waals surface area contributed by atoms with Gasteiger partial charge in [-0.1, -0.05) is 0 Å². The van der Waals surface area contributed by atoms with Crippen LogP contribution in [-0.4, -0.2) is 12.0 Å². The van der Waals surface area contributed by atoms with Crippen LogP contribution in [0.1, 0.15) is 5.69 Å². The van der Waals surface area contributed by atoms with Crippen molar-refractivity contribution in [1.82, 2.24) is 10.3 Å². The van der Waals surface area contributed by atoms with Gasteiger partial charge in [-0.05, 0) is 19.2 Å². The second-order valence-corrected chi connectivity index (χ2v) is 2.19. The largest absolute Gasteiger partial charge is 0.384 e. The predicted octanol–water partition coefficient (Wildman–Crippen LogP) is 0.522. The molecule has 0 aromatic carbocycles. The van der Waals surface area contributed by atoms with Crippen LogP contribution >= 0.6 is 0 Å². The van der Waals surface area contributed by atoms with Crippen molar-refractivity contribution in [3.63, 3.8) is 0 Å². The monoisotopic (exact) mass is 155 g/mol. The minimum Gasteiger partial charge on any atom is -0.384 e. The highest BCUT2D eigenvalue weighted by molar-refractivity contribution is 5.29. The standard InChI is InChI=1S/C7H10FN3/c1-10-4-6-5(8)2-3-7(9)11-6/h2-3,10H,4H2,1H3,(H2,9,11). The van der Waals surface area contributed by atoms with E-state index in [9.17, 15) is 4.39 Å². The normalized spacial score (nSPS) is 10.0. The highest BCUT2D eigenvalue weighted by atomic mass is 19.1. The highest BCUT2D eigenvalue weighted by Gasteiger charge is 2.01. The summed E-state index contributed by atoms with van der Waals surface area (Å²) < 4.78 is 12.8. The van der Waals surface area contributed by atoms with E-state index in [1.54, 1.807) is 7.05 Å². The number of anilines is 1. The number of nitrogen functional groups attached to an aromatic ring is 1. The van der Waals surface area contributed by atoms with Crippen molar-refractivity contribution in [1.29, 1.82) is 0 Å². The molecule has 0 amide bonds. The SMILES string of the molecule is CNCc1nc(N)ccc1F. The zero-order chi connectivity index (χ0) is 8.27. The minimum absolute atomic E-state index is 0.325. The number of nitrogens with zero attached hydrogens (tertiary/aromatic N) is 1. The molecule has 1 aromatic heterocycles. The van der Waals surface area contributed by atoms with Crippen molar-refractivity contribution in [3.05, 3.63) is 23.6 Å². The molecular formula is C7H10FN3. The van der Waals surface area contributed by atoms with Gasteiger partial charge in [0.1, 0.15) is 11.6 Å². The number of pyridine rings is 1. The molecule has 0 fully saturated rings. The molecule has 0 aliphatic rings. The first-order valence-electron chi connectivity index (χ1n) is 3.29. The van der Waals surface area contributed by atoms with Crippen molar-refractivity contribution in [2.75, 3.05) is 12.8 Å². The molecule has 0 atom stereocenters. The summed E-state index contributed by atoms with van der Waals surface area (Å²) in [5.74, 6) is 0.0187. The minimum atomic E-state index is -0.325. The Bertz CT molecular complexity index is 249. The lowest BCUT2D eigenvalue weighted by Gasteiger charge is -2.01. The maximum absolute atomic E-state index is 12.8. The van der Waals surface area contributed by atoms with Gasteiger partial charge in [0.2, 0.25) is 0 Å². The van der Waals surface area contributed by atoms with Gasteiger partial charge in [-0.2, -0.15) is 0 Å². The number of hydrogen-bond acceptors (Lipinski definition) is 3. The highest BCUT2D eigenvalue weighted by Crippen LogP contribution is 2.05. The van der Waals surface area contributed by atoms with E-state index in [0.29, 0.717) is 18.1 Å². The van der Waals surface area contributed by atoms with Crippen molar-refractivity contribution in [2.45, 2.75) is 6.54 Å². The van der Waals surface area contributed by atoms with Gasteiger partial charge in [0, 0.05) is 6.54 Å². The van der Waals surface area contributed by atoms with E-state index in [2.05, 4.69) is 10.3 Å². The number of hydrogen-bond donors (Lipinski definition) is 2. The van der Waals surface area contributed by atoms with Gasteiger partial charge in [-0.3, -0.25) is 0 Å². The van der Waals surface area contributed by atoms with Gasteiger partial charge in [0.05, 0.1) is 5.69 Å². The molecule has 3 N–H and O–H groups in total. The fraction of sp³-hybridized carbons (Fsp3) is 0.286. The Kier molecular flexibility index (Phi) is 2.38. The van der Waals surface area contributed by atoms with Crippen LogP contribution in [0.3, 0.4) is 0 Å². The Balaban J connectivity index is 2.93. The van der Waals surface area contributed by atoms with Gasteiger partial charge in [-0.25, -0.2) is 9.37 Å². The zero-order valence-corrected chi connectivity index (χ0v) is 6.26. The summed E-state index contributed by atoms with van der Waals surface area (Å²) in [6.07, 6.45) is 0. The molecule has 3 nitrogen and oxygen atoms in total. The maximum atomic E-state index is 12.8. The van der Waals surface area contributed by atoms with E-state index in [1.165, 1.54) is 12.1 Å². The first-order valence-corrected chi connectivity index (χ1v) is 3.29. The average Bonchev–Trinajstić information content (AvgIpc) is 1.98. The lowest BCUT2D eigenvalue weighted by molar-refractivity contribution is 0.589. The first-order chi connectivity index (χ1) is 5.24. The fourth-order valence-electron chi connectivity index (χ4n) is 0.793. The molecule has 4 heteroatoms. The Hall–Kier alpha value is -1.16. The van der Waals surface area contributed by atoms with E-state index in [-0.39, 0.29) is 5.82 Å². The molecule has 1 heterocycles. The maximum Gasteiger partial charge on any atom is 0.146 e. The Labute approximate surface area is 64.4 Å². The van der Waals surface area contributed by atoms with Gasteiger partial charge >= 0.3 is 0 Å². The molecule has 11 heavy (non-hydrogen) atoms. The van der Waals surface area contributed by atoms with E-state index in [1.807, 2.05) is 0 Å². The second-order valence-electron chi connectivity index (χ2n) is 2.19. The molecule has 0 aliphatic heterocycles. The molecule has 0 saturated heterocycles. The lowest BCUT2D eigenvalue weighted by atomic mass is 10.3. The molecule has 1 aromatic rings. The second kappa shape index (κ2) is 3.30. The molecule has 0 bridgehead atoms. The third kappa shape index (κ3) is 1.88. The van der Waals surface area contributed by atoms with Gasteiger partial charge < -0.3 is 11.1 Å². The van der Waals surface area contributed by atoms with E-state index >= 15 is 0 Å². The fourth-order valence-corrected chi connectivity index (χ4v) is 0.793. The summed E-state index contributed by atoms with van der Waals surface area (Å²) in [6, 6.07) is 2.75. The third-order valence-electron chi connectivity index (χ3n) is 1.28. The van der Waals surface area contributed by atoms with Gasteiger partial charge in [0.15, 0.2) is 0 Å².